The van der Waals surface area contributed by atoms with Gasteiger partial charge in [0.1, 0.15) is 25.0 Å². The summed E-state index contributed by atoms with van der Waals surface area (Å²) in [4.78, 5) is 43.1. The van der Waals surface area contributed by atoms with E-state index in [-0.39, 0.29) is 30.1 Å². The van der Waals surface area contributed by atoms with Crippen LogP contribution in [-0.4, -0.2) is 63.4 Å². The average molecular weight is 762 g/mol. The minimum Gasteiger partial charge on any atom is -0.454 e. The van der Waals surface area contributed by atoms with Gasteiger partial charge in [0.15, 0.2) is 12.3 Å². The van der Waals surface area contributed by atoms with Crippen molar-refractivity contribution in [3.8, 4) is 0 Å². The van der Waals surface area contributed by atoms with Gasteiger partial charge in [-0.1, -0.05) is 65.8 Å². The predicted octanol–water partition coefficient (Wildman–Crippen LogP) is 3.67. The molecule has 2 aromatic carbocycles. The van der Waals surface area contributed by atoms with Crippen LogP contribution in [0.15, 0.2) is 81.6 Å². The van der Waals surface area contributed by atoms with Crippen LogP contribution in [0.5, 0.6) is 0 Å². The Kier molecular flexibility index (Phi) is 11.2. The summed E-state index contributed by atoms with van der Waals surface area (Å²) in [6.07, 6.45) is -5.78. The fourth-order valence-electron chi connectivity index (χ4n) is 5.35. The fourth-order valence-corrected chi connectivity index (χ4v) is 5.94. The maximum Gasteiger partial charge on any atom is 0.335 e. The normalized spacial score (nSPS) is 25.5. The number of aromatic nitrogens is 2. The van der Waals surface area contributed by atoms with Crippen LogP contribution in [0.2, 0.25) is 0 Å². The highest BCUT2D eigenvalue weighted by molar-refractivity contribution is 14.1. The molecule has 0 amide bonds. The van der Waals surface area contributed by atoms with Gasteiger partial charge in [0, 0.05) is 11.1 Å². The van der Waals surface area contributed by atoms with Gasteiger partial charge in [0.2, 0.25) is 0 Å². The molecule has 3 aromatic rings. The summed E-state index contributed by atoms with van der Waals surface area (Å²) in [5, 5.41) is 15.1. The van der Waals surface area contributed by atoms with Crippen LogP contribution < -0.4 is 11.2 Å². The number of carbonyl (C=O) groups excluding carboxylic acids is 1. The first-order valence-corrected chi connectivity index (χ1v) is 16.1. The van der Waals surface area contributed by atoms with E-state index in [1.165, 1.54) is 6.20 Å². The number of halogens is 1. The van der Waals surface area contributed by atoms with E-state index >= 15 is 0 Å². The Bertz CT molecular complexity index is 1710. The van der Waals surface area contributed by atoms with Crippen LogP contribution in [0.4, 0.5) is 0 Å². The predicted molar refractivity (Wildman–Crippen MR) is 176 cm³/mol. The molecule has 2 saturated heterocycles. The molecule has 1 aromatic heterocycles. The number of rotatable bonds is 11. The van der Waals surface area contributed by atoms with Gasteiger partial charge in [-0.3, -0.25) is 14.2 Å². The number of hydrogen-bond donors (Lipinski definition) is 1. The molecule has 1 N–H and O–H groups in total. The van der Waals surface area contributed by atoms with Gasteiger partial charge in [0.25, 0.3) is 5.56 Å². The van der Waals surface area contributed by atoms with Crippen molar-refractivity contribution in [2.45, 2.75) is 83.5 Å². The Morgan fingerprint density at radius 2 is 1.62 bits per heavy atom. The van der Waals surface area contributed by atoms with Gasteiger partial charge in [-0.2, -0.15) is 0 Å². The van der Waals surface area contributed by atoms with Crippen molar-refractivity contribution in [1.82, 2.24) is 9.13 Å². The van der Waals surface area contributed by atoms with E-state index in [9.17, 15) is 25.0 Å². The van der Waals surface area contributed by atoms with Crippen LogP contribution in [0.3, 0.4) is 0 Å². The fraction of sp³-hybridized carbons (Fsp3) is 0.469. The largest absolute Gasteiger partial charge is 0.454 e. The van der Waals surface area contributed by atoms with E-state index in [4.69, 9.17) is 23.7 Å². The molecule has 14 nitrogen and oxygen atoms in total. The van der Waals surface area contributed by atoms with Crippen LogP contribution in [0.25, 0.3) is 10.4 Å². The monoisotopic (exact) mass is 761 g/mol. The molecular formula is C32H36IN5O9. The lowest BCUT2D eigenvalue weighted by atomic mass is 9.91. The van der Waals surface area contributed by atoms with Crippen molar-refractivity contribution in [3.05, 3.63) is 113 Å². The van der Waals surface area contributed by atoms with Crippen LogP contribution in [0, 0.1) is 8.99 Å². The summed E-state index contributed by atoms with van der Waals surface area (Å²) in [5.74, 6) is -0.606. The van der Waals surface area contributed by atoms with E-state index < -0.39 is 65.4 Å². The third kappa shape index (κ3) is 7.95. The SMILES string of the molecule is CC(C)(C)C(=O)O[C@@H]1[C@@H]2O[C@H](COCc3ccccc3)[C@H](O)[C@@H](N=[N+]=[N-])[C@H]2O[C@H]1n1cc(I)c(=O)n(COCc2ccccc2)c1=O. The lowest BCUT2D eigenvalue weighted by Crippen LogP contribution is -2.59. The van der Waals surface area contributed by atoms with Gasteiger partial charge in [-0.25, -0.2) is 9.36 Å². The van der Waals surface area contributed by atoms with Gasteiger partial charge in [-0.15, -0.1) is 0 Å². The maximum absolute atomic E-state index is 13.8. The summed E-state index contributed by atoms with van der Waals surface area (Å²) in [5.41, 5.74) is 8.86. The first-order chi connectivity index (χ1) is 22.5. The molecule has 250 valence electrons. The standard InChI is InChI=1S/C32H36IN5O9/c1-32(2,3)30(41)47-27-26-25(23(35-36-34)24(39)22(45-26)17-43-15-19-10-6-4-7-11-19)46-29(27)37-14-21(33)28(40)38(31(37)42)18-44-16-20-12-8-5-9-13-20/h4-14,22-27,29,39H,15-18H2,1-3H3/t22-,23-,24+,25-,26-,27-,29-/m1/s1. The smallest absolute Gasteiger partial charge is 0.335 e. The molecule has 0 bridgehead atoms. The van der Waals surface area contributed by atoms with E-state index in [1.807, 2.05) is 60.7 Å². The van der Waals surface area contributed by atoms with Crippen molar-refractivity contribution in [1.29, 1.82) is 0 Å². The van der Waals surface area contributed by atoms with Crippen molar-refractivity contribution in [2.24, 2.45) is 10.5 Å². The Labute approximate surface area is 283 Å². The summed E-state index contributed by atoms with van der Waals surface area (Å²) in [7, 11) is 0. The third-order valence-corrected chi connectivity index (χ3v) is 8.56. The number of fused-ring (bicyclic) bond motifs is 1. The minimum atomic E-state index is -1.35. The number of ether oxygens (including phenoxy) is 5. The Morgan fingerprint density at radius 1 is 1.00 bits per heavy atom. The van der Waals surface area contributed by atoms with Crippen molar-refractivity contribution < 1.29 is 33.6 Å². The zero-order valence-corrected chi connectivity index (χ0v) is 28.2. The average Bonchev–Trinajstić information content (AvgIpc) is 3.40. The second kappa shape index (κ2) is 15.1. The first kappa shape index (κ1) is 34.8. The van der Waals surface area contributed by atoms with Gasteiger partial charge in [-0.05, 0) is 60.0 Å². The molecule has 0 unspecified atom stereocenters. The third-order valence-electron chi connectivity index (χ3n) is 7.82. The summed E-state index contributed by atoms with van der Waals surface area (Å²) in [6.45, 7) is 4.97. The van der Waals surface area contributed by atoms with Gasteiger partial charge >= 0.3 is 11.7 Å². The molecule has 47 heavy (non-hydrogen) atoms. The van der Waals surface area contributed by atoms with Crippen molar-refractivity contribution in [2.75, 3.05) is 6.61 Å². The van der Waals surface area contributed by atoms with Crippen molar-refractivity contribution in [3.63, 3.8) is 0 Å². The number of hydrogen-bond acceptors (Lipinski definition) is 10. The maximum atomic E-state index is 13.8. The molecule has 2 aliphatic rings. The lowest BCUT2D eigenvalue weighted by molar-refractivity contribution is -0.198. The summed E-state index contributed by atoms with van der Waals surface area (Å²) >= 11 is 1.81. The Hall–Kier alpha value is -3.57. The molecule has 0 aliphatic carbocycles. The Morgan fingerprint density at radius 3 is 2.21 bits per heavy atom. The Balaban J connectivity index is 1.46. The quantitative estimate of drug-likeness (QED) is 0.101. The summed E-state index contributed by atoms with van der Waals surface area (Å²) in [6, 6.07) is 17.5. The molecule has 2 fully saturated rings. The highest BCUT2D eigenvalue weighted by Crippen LogP contribution is 2.41. The molecule has 7 atom stereocenters. The van der Waals surface area contributed by atoms with Crippen LogP contribution >= 0.6 is 22.6 Å². The van der Waals surface area contributed by atoms with Crippen LogP contribution in [0.1, 0.15) is 38.1 Å². The number of aliphatic hydroxyl groups is 1. The van der Waals surface area contributed by atoms with E-state index in [1.54, 1.807) is 43.4 Å². The van der Waals surface area contributed by atoms with E-state index in [0.717, 1.165) is 20.3 Å². The molecule has 0 radical (unpaired) electrons. The molecular weight excluding hydrogens is 725 g/mol. The molecule has 15 heteroatoms. The zero-order chi connectivity index (χ0) is 33.7. The highest BCUT2D eigenvalue weighted by atomic mass is 127. The number of aliphatic hydroxyl groups excluding tert-OH is 1. The number of esters is 1. The van der Waals surface area contributed by atoms with E-state index in [2.05, 4.69) is 10.0 Å². The number of nitrogens with zero attached hydrogens (tertiary/aromatic N) is 5. The molecule has 5 rings (SSSR count). The minimum absolute atomic E-state index is 0.0805. The molecule has 0 saturated carbocycles. The van der Waals surface area contributed by atoms with Gasteiger partial charge in [0.05, 0.1) is 41.0 Å². The lowest BCUT2D eigenvalue weighted by Gasteiger charge is -2.40. The first-order valence-electron chi connectivity index (χ1n) is 15.0. The van der Waals surface area contributed by atoms with E-state index in [0.29, 0.717) is 0 Å². The summed E-state index contributed by atoms with van der Waals surface area (Å²) < 4.78 is 32.3. The molecule has 0 spiro atoms. The number of benzene rings is 2. The zero-order valence-electron chi connectivity index (χ0n) is 26.0. The number of azide groups is 1. The van der Waals surface area contributed by atoms with Crippen molar-refractivity contribution >= 4 is 28.6 Å². The van der Waals surface area contributed by atoms with Crippen LogP contribution in [-0.2, 0) is 48.4 Å². The topological polar surface area (TPSA) is 176 Å². The molecule has 2 aliphatic heterocycles. The highest BCUT2D eigenvalue weighted by Gasteiger charge is 2.58. The number of carbonyl (C=O) groups is 1. The molecule has 3 heterocycles. The second-order valence-electron chi connectivity index (χ2n) is 12.3. The van der Waals surface area contributed by atoms with Gasteiger partial charge < -0.3 is 28.8 Å². The second-order valence-corrected chi connectivity index (χ2v) is 13.5.